The van der Waals surface area contributed by atoms with Crippen LogP contribution in [-0.2, 0) is 11.2 Å². The molecule has 0 fully saturated rings. The fourth-order valence-electron chi connectivity index (χ4n) is 2.79. The number of primary amides is 1. The Morgan fingerprint density at radius 3 is 2.94 bits per heavy atom. The van der Waals surface area contributed by atoms with E-state index in [1.54, 1.807) is 0 Å². The topological polar surface area (TPSA) is 52.3 Å². The molecule has 2 rings (SSSR count). The Morgan fingerprint density at radius 2 is 2.28 bits per heavy atom. The maximum atomic E-state index is 10.9. The molecule has 4 heteroatoms. The Kier molecular flexibility index (Phi) is 3.66. The molecule has 0 heterocycles. The molecule has 0 radical (unpaired) electrons. The number of hydrogen-bond donors (Lipinski definition) is 1. The van der Waals surface area contributed by atoms with E-state index in [4.69, 9.17) is 10.5 Å². The molecule has 0 bridgehead atoms. The molecule has 1 aliphatic rings. The van der Waals surface area contributed by atoms with Gasteiger partial charge in [0.05, 0.1) is 0 Å². The van der Waals surface area contributed by atoms with Gasteiger partial charge in [0.2, 0.25) is 0 Å². The fourth-order valence-corrected chi connectivity index (χ4v) is 3.20. The molecule has 0 saturated heterocycles. The SMILES string of the molecule is CC(C)(C[C@@H]1CCc2cc(Br)ccc21)OC(N)=O. The summed E-state index contributed by atoms with van der Waals surface area (Å²) in [6, 6.07) is 6.41. The van der Waals surface area contributed by atoms with E-state index in [1.165, 1.54) is 11.1 Å². The van der Waals surface area contributed by atoms with Crippen molar-refractivity contribution in [3.8, 4) is 0 Å². The van der Waals surface area contributed by atoms with E-state index in [9.17, 15) is 4.79 Å². The number of nitrogens with two attached hydrogens (primary N) is 1. The lowest BCUT2D eigenvalue weighted by atomic mass is 9.89. The highest BCUT2D eigenvalue weighted by molar-refractivity contribution is 9.10. The van der Waals surface area contributed by atoms with Gasteiger partial charge >= 0.3 is 6.09 Å². The van der Waals surface area contributed by atoms with Crippen molar-refractivity contribution < 1.29 is 9.53 Å². The first-order valence-electron chi connectivity index (χ1n) is 6.14. The first-order valence-corrected chi connectivity index (χ1v) is 6.93. The third-order valence-corrected chi connectivity index (χ3v) is 3.92. The van der Waals surface area contributed by atoms with E-state index in [2.05, 4.69) is 34.1 Å². The molecule has 0 saturated carbocycles. The number of aryl methyl sites for hydroxylation is 1. The van der Waals surface area contributed by atoms with Gasteiger partial charge in [0.15, 0.2) is 0 Å². The van der Waals surface area contributed by atoms with Gasteiger partial charge in [-0.2, -0.15) is 0 Å². The zero-order valence-corrected chi connectivity index (χ0v) is 12.3. The minimum Gasteiger partial charge on any atom is -0.444 e. The number of halogens is 1. The van der Waals surface area contributed by atoms with E-state index >= 15 is 0 Å². The fraction of sp³-hybridized carbons (Fsp3) is 0.500. The van der Waals surface area contributed by atoms with Crippen molar-refractivity contribution >= 4 is 22.0 Å². The summed E-state index contributed by atoms with van der Waals surface area (Å²) in [5.74, 6) is 0.447. The second-order valence-corrected chi connectivity index (χ2v) is 6.38. The molecule has 1 amide bonds. The molecular formula is C14H18BrNO2. The standard InChI is InChI=1S/C14H18BrNO2/c1-14(2,18-13(16)17)8-10-4-3-9-7-11(15)5-6-12(9)10/h5-7,10H,3-4,8H2,1-2H3,(H2,16,17)/t10-/m0/s1. The number of amides is 1. The second kappa shape index (κ2) is 4.92. The lowest BCUT2D eigenvalue weighted by Crippen LogP contribution is -2.32. The summed E-state index contributed by atoms with van der Waals surface area (Å²) >= 11 is 3.49. The van der Waals surface area contributed by atoms with Crippen LogP contribution in [0.5, 0.6) is 0 Å². The molecule has 1 atom stereocenters. The van der Waals surface area contributed by atoms with Crippen molar-refractivity contribution in [3.05, 3.63) is 33.8 Å². The summed E-state index contributed by atoms with van der Waals surface area (Å²) in [7, 11) is 0. The molecule has 1 aliphatic carbocycles. The van der Waals surface area contributed by atoms with Crippen LogP contribution in [0.2, 0.25) is 0 Å². The zero-order chi connectivity index (χ0) is 13.3. The van der Waals surface area contributed by atoms with Crippen molar-refractivity contribution in [3.63, 3.8) is 0 Å². The summed E-state index contributed by atoms with van der Waals surface area (Å²) in [5.41, 5.74) is 7.36. The number of benzene rings is 1. The van der Waals surface area contributed by atoms with Crippen LogP contribution in [-0.4, -0.2) is 11.7 Å². The van der Waals surface area contributed by atoms with Gasteiger partial charge in [-0.15, -0.1) is 0 Å². The molecule has 1 aromatic carbocycles. The Labute approximate surface area is 116 Å². The third kappa shape index (κ3) is 3.05. The minimum atomic E-state index is -0.700. The molecule has 98 valence electrons. The Morgan fingerprint density at radius 1 is 1.56 bits per heavy atom. The quantitative estimate of drug-likeness (QED) is 0.924. The number of rotatable bonds is 3. The summed E-state index contributed by atoms with van der Waals surface area (Å²) in [6.07, 6.45) is 2.31. The highest BCUT2D eigenvalue weighted by atomic mass is 79.9. The Balaban J connectivity index is 2.12. The van der Waals surface area contributed by atoms with E-state index in [-0.39, 0.29) is 0 Å². The molecule has 18 heavy (non-hydrogen) atoms. The molecular weight excluding hydrogens is 294 g/mol. The maximum absolute atomic E-state index is 10.9. The second-order valence-electron chi connectivity index (χ2n) is 5.46. The summed E-state index contributed by atoms with van der Waals surface area (Å²) < 4.78 is 6.29. The summed E-state index contributed by atoms with van der Waals surface area (Å²) in [5, 5.41) is 0. The summed E-state index contributed by atoms with van der Waals surface area (Å²) in [4.78, 5) is 10.9. The molecule has 0 aliphatic heterocycles. The van der Waals surface area contributed by atoms with E-state index < -0.39 is 11.7 Å². The van der Waals surface area contributed by atoms with Crippen molar-refractivity contribution in [1.82, 2.24) is 0 Å². The maximum Gasteiger partial charge on any atom is 0.405 e. The largest absolute Gasteiger partial charge is 0.444 e. The van der Waals surface area contributed by atoms with Crippen molar-refractivity contribution in [2.24, 2.45) is 5.73 Å². The molecule has 0 spiro atoms. The zero-order valence-electron chi connectivity index (χ0n) is 10.7. The van der Waals surface area contributed by atoms with Gasteiger partial charge in [-0.05, 0) is 62.3 Å². The number of hydrogen-bond acceptors (Lipinski definition) is 2. The van der Waals surface area contributed by atoms with Crippen LogP contribution in [0, 0.1) is 0 Å². The van der Waals surface area contributed by atoms with Crippen LogP contribution in [0.4, 0.5) is 4.79 Å². The van der Waals surface area contributed by atoms with Crippen LogP contribution in [0.15, 0.2) is 22.7 Å². The molecule has 1 aromatic rings. The number of carbonyl (C=O) groups is 1. The van der Waals surface area contributed by atoms with E-state index in [0.29, 0.717) is 5.92 Å². The average Bonchev–Trinajstić information content (AvgIpc) is 2.57. The smallest absolute Gasteiger partial charge is 0.405 e. The van der Waals surface area contributed by atoms with Crippen LogP contribution in [0.1, 0.15) is 43.7 Å². The Hall–Kier alpha value is -1.03. The monoisotopic (exact) mass is 311 g/mol. The lowest BCUT2D eigenvalue weighted by Gasteiger charge is -2.27. The molecule has 0 aromatic heterocycles. The highest BCUT2D eigenvalue weighted by Crippen LogP contribution is 2.40. The van der Waals surface area contributed by atoms with Gasteiger partial charge in [0.25, 0.3) is 0 Å². The average molecular weight is 312 g/mol. The van der Waals surface area contributed by atoms with Crippen molar-refractivity contribution in [2.75, 3.05) is 0 Å². The van der Waals surface area contributed by atoms with Gasteiger partial charge in [-0.25, -0.2) is 4.79 Å². The van der Waals surface area contributed by atoms with Crippen LogP contribution in [0.3, 0.4) is 0 Å². The van der Waals surface area contributed by atoms with Crippen LogP contribution >= 0.6 is 15.9 Å². The number of fused-ring (bicyclic) bond motifs is 1. The first kappa shape index (κ1) is 13.4. The van der Waals surface area contributed by atoms with Crippen LogP contribution in [0.25, 0.3) is 0 Å². The minimum absolute atomic E-state index is 0.447. The summed E-state index contributed by atoms with van der Waals surface area (Å²) in [6.45, 7) is 3.82. The van der Waals surface area contributed by atoms with Gasteiger partial charge in [0, 0.05) is 4.47 Å². The first-order chi connectivity index (χ1) is 8.37. The van der Waals surface area contributed by atoms with E-state index in [0.717, 1.165) is 23.7 Å². The lowest BCUT2D eigenvalue weighted by molar-refractivity contribution is 0.0337. The van der Waals surface area contributed by atoms with Crippen molar-refractivity contribution in [2.45, 2.75) is 44.6 Å². The molecule has 2 N–H and O–H groups in total. The molecule has 3 nitrogen and oxygen atoms in total. The third-order valence-electron chi connectivity index (χ3n) is 3.42. The predicted octanol–water partition coefficient (Wildman–Crippen LogP) is 3.74. The Bertz CT molecular complexity index is 471. The number of ether oxygens (including phenoxy) is 1. The van der Waals surface area contributed by atoms with Gasteiger partial charge in [-0.3, -0.25) is 0 Å². The van der Waals surface area contributed by atoms with Gasteiger partial charge in [-0.1, -0.05) is 22.0 Å². The highest BCUT2D eigenvalue weighted by Gasteiger charge is 2.31. The normalized spacial score (nSPS) is 18.5. The van der Waals surface area contributed by atoms with Gasteiger partial charge < -0.3 is 10.5 Å². The van der Waals surface area contributed by atoms with E-state index in [1.807, 2.05) is 13.8 Å². The van der Waals surface area contributed by atoms with Crippen molar-refractivity contribution in [1.29, 1.82) is 0 Å². The van der Waals surface area contributed by atoms with Crippen LogP contribution < -0.4 is 5.73 Å². The van der Waals surface area contributed by atoms with Gasteiger partial charge in [0.1, 0.15) is 5.60 Å². The molecule has 0 unspecified atom stereocenters. The number of carbonyl (C=O) groups excluding carboxylic acids is 1. The predicted molar refractivity (Wildman–Crippen MR) is 74.6 cm³/mol.